The first kappa shape index (κ1) is 10.6. The van der Waals surface area contributed by atoms with Crippen molar-refractivity contribution in [3.63, 3.8) is 0 Å². The van der Waals surface area contributed by atoms with Crippen LogP contribution in [0.15, 0.2) is 24.3 Å². The predicted molar refractivity (Wildman–Crippen MR) is 64.3 cm³/mol. The van der Waals surface area contributed by atoms with E-state index in [4.69, 9.17) is 5.11 Å². The van der Waals surface area contributed by atoms with Gasteiger partial charge in [-0.15, -0.1) is 0 Å². The first-order valence-electron chi connectivity index (χ1n) is 6.31. The zero-order chi connectivity index (χ0) is 11.8. The van der Waals surface area contributed by atoms with E-state index in [1.807, 2.05) is 12.1 Å². The van der Waals surface area contributed by atoms with Gasteiger partial charge >= 0.3 is 0 Å². The molecule has 0 aromatic heterocycles. The zero-order valence-corrected chi connectivity index (χ0v) is 9.73. The molecule has 3 rings (SSSR count). The fourth-order valence-electron chi connectivity index (χ4n) is 3.13. The first-order chi connectivity index (χ1) is 8.25. The summed E-state index contributed by atoms with van der Waals surface area (Å²) in [6, 6.07) is 6.97. The molecule has 1 aromatic carbocycles. The van der Waals surface area contributed by atoms with Crippen LogP contribution in [0.3, 0.4) is 0 Å². The monoisotopic (exact) mass is 231 g/mol. The fraction of sp³-hybridized carbons (Fsp3) is 0.500. The van der Waals surface area contributed by atoms with Crippen molar-refractivity contribution in [2.45, 2.75) is 25.8 Å². The second-order valence-corrected chi connectivity index (χ2v) is 5.17. The van der Waals surface area contributed by atoms with E-state index in [0.29, 0.717) is 24.3 Å². The van der Waals surface area contributed by atoms with Crippen LogP contribution >= 0.6 is 0 Å². The molecule has 3 nitrogen and oxygen atoms in total. The van der Waals surface area contributed by atoms with Gasteiger partial charge in [0, 0.05) is 12.5 Å². The Morgan fingerprint density at radius 2 is 1.88 bits per heavy atom. The highest BCUT2D eigenvalue weighted by atomic mass is 16.3. The summed E-state index contributed by atoms with van der Waals surface area (Å²) in [5.74, 6) is 2.12. The molecule has 2 N–H and O–H groups in total. The molecule has 90 valence electrons. The van der Waals surface area contributed by atoms with Gasteiger partial charge in [0.1, 0.15) is 5.75 Å². The molecule has 2 atom stereocenters. The standard InChI is InChI=1S/C14H17NO2/c16-10-6-4-9(5-7-10)8-15-14(17)13-11-2-1-3-12(11)13/h4-7,11-13,16H,1-3,8H2,(H,15,17). The number of phenolic OH excluding ortho intramolecular Hbond substituents is 1. The maximum atomic E-state index is 11.9. The third kappa shape index (κ3) is 2.02. The normalized spacial score (nSPS) is 29.8. The Hall–Kier alpha value is -1.51. The van der Waals surface area contributed by atoms with Crippen LogP contribution in [0.5, 0.6) is 5.75 Å². The molecule has 2 aliphatic carbocycles. The van der Waals surface area contributed by atoms with E-state index in [1.54, 1.807) is 12.1 Å². The molecule has 2 saturated carbocycles. The SMILES string of the molecule is O=C(NCc1ccc(O)cc1)C1C2CCCC21. The summed E-state index contributed by atoms with van der Waals surface area (Å²) in [5, 5.41) is 12.1. The highest BCUT2D eigenvalue weighted by Gasteiger charge is 2.56. The largest absolute Gasteiger partial charge is 0.508 e. The summed E-state index contributed by atoms with van der Waals surface area (Å²) < 4.78 is 0. The number of hydrogen-bond donors (Lipinski definition) is 2. The average Bonchev–Trinajstić information content (AvgIpc) is 2.82. The van der Waals surface area contributed by atoms with Crippen molar-refractivity contribution >= 4 is 5.91 Å². The fourth-order valence-corrected chi connectivity index (χ4v) is 3.13. The van der Waals surface area contributed by atoms with E-state index in [9.17, 15) is 4.79 Å². The van der Waals surface area contributed by atoms with E-state index in [0.717, 1.165) is 5.56 Å². The molecule has 2 aliphatic rings. The number of carbonyl (C=O) groups is 1. The van der Waals surface area contributed by atoms with Crippen molar-refractivity contribution in [1.29, 1.82) is 0 Å². The molecular weight excluding hydrogens is 214 g/mol. The second-order valence-electron chi connectivity index (χ2n) is 5.17. The van der Waals surface area contributed by atoms with Crippen LogP contribution in [-0.4, -0.2) is 11.0 Å². The molecule has 0 bridgehead atoms. The first-order valence-corrected chi connectivity index (χ1v) is 6.31. The number of nitrogens with one attached hydrogen (secondary N) is 1. The van der Waals surface area contributed by atoms with E-state index >= 15 is 0 Å². The molecule has 0 spiro atoms. The molecule has 0 radical (unpaired) electrons. The van der Waals surface area contributed by atoms with E-state index in [2.05, 4.69) is 5.32 Å². The topological polar surface area (TPSA) is 49.3 Å². The lowest BCUT2D eigenvalue weighted by atomic mass is 10.1. The van der Waals surface area contributed by atoms with E-state index in [-0.39, 0.29) is 11.7 Å². The van der Waals surface area contributed by atoms with Crippen molar-refractivity contribution < 1.29 is 9.90 Å². The summed E-state index contributed by atoms with van der Waals surface area (Å²) in [6.07, 6.45) is 3.78. The van der Waals surface area contributed by atoms with Crippen LogP contribution in [0.1, 0.15) is 24.8 Å². The van der Waals surface area contributed by atoms with Gasteiger partial charge in [0.05, 0.1) is 0 Å². The number of benzene rings is 1. The Balaban J connectivity index is 1.51. The lowest BCUT2D eigenvalue weighted by molar-refractivity contribution is -0.123. The van der Waals surface area contributed by atoms with Gasteiger partial charge in [0.2, 0.25) is 5.91 Å². The minimum absolute atomic E-state index is 0.216. The van der Waals surface area contributed by atoms with Gasteiger partial charge in [-0.25, -0.2) is 0 Å². The number of carbonyl (C=O) groups excluding carboxylic acids is 1. The van der Waals surface area contributed by atoms with Crippen LogP contribution in [0.2, 0.25) is 0 Å². The summed E-state index contributed by atoms with van der Waals surface area (Å²) in [5.41, 5.74) is 1.03. The lowest BCUT2D eigenvalue weighted by Crippen LogP contribution is -2.26. The highest BCUT2D eigenvalue weighted by Crippen LogP contribution is 2.57. The molecule has 17 heavy (non-hydrogen) atoms. The van der Waals surface area contributed by atoms with Crippen molar-refractivity contribution in [2.75, 3.05) is 0 Å². The molecule has 0 heterocycles. The molecule has 1 aromatic rings. The predicted octanol–water partition coefficient (Wildman–Crippen LogP) is 2.05. The molecule has 3 heteroatoms. The Kier molecular flexibility index (Phi) is 2.54. The van der Waals surface area contributed by atoms with Crippen molar-refractivity contribution in [1.82, 2.24) is 5.32 Å². The van der Waals surface area contributed by atoms with Crippen molar-refractivity contribution in [2.24, 2.45) is 17.8 Å². The average molecular weight is 231 g/mol. The molecule has 2 fully saturated rings. The van der Waals surface area contributed by atoms with Gasteiger partial charge in [0.25, 0.3) is 0 Å². The van der Waals surface area contributed by atoms with Gasteiger partial charge in [-0.2, -0.15) is 0 Å². The number of phenols is 1. The van der Waals surface area contributed by atoms with E-state index < -0.39 is 0 Å². The summed E-state index contributed by atoms with van der Waals surface area (Å²) in [7, 11) is 0. The number of aromatic hydroxyl groups is 1. The number of fused-ring (bicyclic) bond motifs is 1. The third-order valence-corrected chi connectivity index (χ3v) is 4.11. The summed E-state index contributed by atoms with van der Waals surface area (Å²) in [4.78, 5) is 11.9. The molecule has 0 aliphatic heterocycles. The Bertz CT molecular complexity index is 416. The second kappa shape index (κ2) is 4.06. The summed E-state index contributed by atoms with van der Waals surface area (Å²) >= 11 is 0. The van der Waals surface area contributed by atoms with Gasteiger partial charge < -0.3 is 10.4 Å². The number of amides is 1. The molecule has 0 saturated heterocycles. The van der Waals surface area contributed by atoms with E-state index in [1.165, 1.54) is 19.3 Å². The highest BCUT2D eigenvalue weighted by molar-refractivity contribution is 5.82. The molecule has 1 amide bonds. The van der Waals surface area contributed by atoms with Crippen LogP contribution in [0.25, 0.3) is 0 Å². The Morgan fingerprint density at radius 3 is 2.53 bits per heavy atom. The zero-order valence-electron chi connectivity index (χ0n) is 9.73. The van der Waals surface area contributed by atoms with Crippen LogP contribution in [0.4, 0.5) is 0 Å². The van der Waals surface area contributed by atoms with Crippen LogP contribution in [-0.2, 0) is 11.3 Å². The third-order valence-electron chi connectivity index (χ3n) is 4.11. The van der Waals surface area contributed by atoms with Crippen LogP contribution < -0.4 is 5.32 Å². The maximum absolute atomic E-state index is 11.9. The van der Waals surface area contributed by atoms with Crippen LogP contribution in [0, 0.1) is 17.8 Å². The van der Waals surface area contributed by atoms with Gasteiger partial charge in [-0.05, 0) is 42.4 Å². The number of hydrogen-bond acceptors (Lipinski definition) is 2. The van der Waals surface area contributed by atoms with Gasteiger partial charge in [0.15, 0.2) is 0 Å². The number of rotatable bonds is 3. The van der Waals surface area contributed by atoms with Crippen molar-refractivity contribution in [3.8, 4) is 5.75 Å². The van der Waals surface area contributed by atoms with Gasteiger partial charge in [-0.3, -0.25) is 4.79 Å². The minimum Gasteiger partial charge on any atom is -0.508 e. The van der Waals surface area contributed by atoms with Crippen molar-refractivity contribution in [3.05, 3.63) is 29.8 Å². The quantitative estimate of drug-likeness (QED) is 0.836. The molecular formula is C14H17NO2. The Morgan fingerprint density at radius 1 is 1.24 bits per heavy atom. The maximum Gasteiger partial charge on any atom is 0.223 e. The smallest absolute Gasteiger partial charge is 0.223 e. The lowest BCUT2D eigenvalue weighted by Gasteiger charge is -2.06. The molecule has 2 unspecified atom stereocenters. The summed E-state index contributed by atoms with van der Waals surface area (Å²) in [6.45, 7) is 0.565. The minimum atomic E-state index is 0.216. The van der Waals surface area contributed by atoms with Gasteiger partial charge in [-0.1, -0.05) is 18.6 Å². The Labute approximate surface area is 101 Å².